The van der Waals surface area contributed by atoms with Crippen molar-refractivity contribution in [1.82, 2.24) is 9.80 Å². The highest BCUT2D eigenvalue weighted by Gasteiger charge is 2.48. The largest absolute Gasteiger partial charge is 0.341 e. The van der Waals surface area contributed by atoms with Crippen molar-refractivity contribution < 1.29 is 4.79 Å². The first-order chi connectivity index (χ1) is 8.47. The maximum absolute atomic E-state index is 12.6. The number of carbonyl (C=O) groups excluding carboxylic acids is 1. The van der Waals surface area contributed by atoms with E-state index < -0.39 is 0 Å². The SMILES string of the molecule is CC(C)CN(CCN(C)C)C(=O)C1CC2CC2C1. The number of hydrogen-bond donors (Lipinski definition) is 0. The summed E-state index contributed by atoms with van der Waals surface area (Å²) < 4.78 is 0. The average molecular weight is 252 g/mol. The molecule has 2 fully saturated rings. The molecule has 0 bridgehead atoms. The van der Waals surface area contributed by atoms with E-state index in [1.54, 1.807) is 0 Å². The van der Waals surface area contributed by atoms with E-state index in [0.29, 0.717) is 17.7 Å². The van der Waals surface area contributed by atoms with Crippen LogP contribution in [0.5, 0.6) is 0 Å². The molecule has 0 aliphatic heterocycles. The molecule has 2 saturated carbocycles. The first kappa shape index (κ1) is 13.9. The fraction of sp³-hybridized carbons (Fsp3) is 0.933. The van der Waals surface area contributed by atoms with Crippen molar-refractivity contribution in [3.63, 3.8) is 0 Å². The summed E-state index contributed by atoms with van der Waals surface area (Å²) in [5.41, 5.74) is 0. The predicted octanol–water partition coefficient (Wildman–Crippen LogP) is 2.08. The molecule has 0 spiro atoms. The first-order valence-electron chi connectivity index (χ1n) is 7.41. The maximum atomic E-state index is 12.6. The summed E-state index contributed by atoms with van der Waals surface area (Å²) in [4.78, 5) is 16.8. The average Bonchev–Trinajstić information content (AvgIpc) is 2.90. The second-order valence-corrected chi connectivity index (χ2v) is 6.91. The number of nitrogens with zero attached hydrogens (tertiary/aromatic N) is 2. The van der Waals surface area contributed by atoms with Crippen LogP contribution < -0.4 is 0 Å². The van der Waals surface area contributed by atoms with Gasteiger partial charge in [0.25, 0.3) is 0 Å². The molecule has 0 aromatic rings. The van der Waals surface area contributed by atoms with Crippen LogP contribution in [-0.4, -0.2) is 49.4 Å². The van der Waals surface area contributed by atoms with Crippen LogP contribution in [0.3, 0.4) is 0 Å². The second kappa shape index (κ2) is 5.60. The van der Waals surface area contributed by atoms with E-state index in [9.17, 15) is 4.79 Å². The zero-order valence-corrected chi connectivity index (χ0v) is 12.4. The number of fused-ring (bicyclic) bond motifs is 1. The zero-order chi connectivity index (χ0) is 13.3. The lowest BCUT2D eigenvalue weighted by Gasteiger charge is -2.29. The molecule has 0 radical (unpaired) electrons. The molecule has 3 nitrogen and oxygen atoms in total. The van der Waals surface area contributed by atoms with Crippen molar-refractivity contribution in [3.05, 3.63) is 0 Å². The summed E-state index contributed by atoms with van der Waals surface area (Å²) in [7, 11) is 4.14. The summed E-state index contributed by atoms with van der Waals surface area (Å²) in [5, 5.41) is 0. The third-order valence-corrected chi connectivity index (χ3v) is 4.31. The van der Waals surface area contributed by atoms with E-state index in [4.69, 9.17) is 0 Å². The highest BCUT2D eigenvalue weighted by atomic mass is 16.2. The van der Waals surface area contributed by atoms with Gasteiger partial charge in [0, 0.05) is 25.6 Å². The molecule has 104 valence electrons. The Kier molecular flexibility index (Phi) is 4.31. The Morgan fingerprint density at radius 3 is 2.22 bits per heavy atom. The molecular weight excluding hydrogens is 224 g/mol. The van der Waals surface area contributed by atoms with Gasteiger partial charge in [-0.2, -0.15) is 0 Å². The molecule has 1 amide bonds. The minimum atomic E-state index is 0.342. The summed E-state index contributed by atoms with van der Waals surface area (Å²) in [6.07, 6.45) is 3.73. The number of amides is 1. The zero-order valence-electron chi connectivity index (χ0n) is 12.4. The Morgan fingerprint density at radius 2 is 1.72 bits per heavy atom. The summed E-state index contributed by atoms with van der Waals surface area (Å²) in [6, 6.07) is 0. The van der Waals surface area contributed by atoms with Gasteiger partial charge in [-0.15, -0.1) is 0 Å². The van der Waals surface area contributed by atoms with E-state index in [2.05, 4.69) is 37.7 Å². The molecule has 3 heteroatoms. The van der Waals surface area contributed by atoms with E-state index in [0.717, 1.165) is 31.5 Å². The lowest BCUT2D eigenvalue weighted by atomic mass is 10.0. The molecule has 2 rings (SSSR count). The van der Waals surface area contributed by atoms with Crippen LogP contribution in [0.4, 0.5) is 0 Å². The smallest absolute Gasteiger partial charge is 0.225 e. The number of likely N-dealkylation sites (N-methyl/N-ethyl adjacent to an activating group) is 1. The Labute approximate surface area is 112 Å². The normalized spacial score (nSPS) is 29.8. The molecule has 0 heterocycles. The van der Waals surface area contributed by atoms with Crippen LogP contribution in [0.2, 0.25) is 0 Å². The fourth-order valence-corrected chi connectivity index (χ4v) is 3.23. The van der Waals surface area contributed by atoms with Crippen molar-refractivity contribution >= 4 is 5.91 Å². The topological polar surface area (TPSA) is 23.6 Å². The minimum Gasteiger partial charge on any atom is -0.341 e. The van der Waals surface area contributed by atoms with E-state index >= 15 is 0 Å². The van der Waals surface area contributed by atoms with Crippen LogP contribution in [0.1, 0.15) is 33.1 Å². The summed E-state index contributed by atoms with van der Waals surface area (Å²) >= 11 is 0. The quantitative estimate of drug-likeness (QED) is 0.722. The van der Waals surface area contributed by atoms with Crippen LogP contribution in [0.15, 0.2) is 0 Å². The van der Waals surface area contributed by atoms with Gasteiger partial charge in [-0.25, -0.2) is 0 Å². The highest BCUT2D eigenvalue weighted by molar-refractivity contribution is 5.79. The lowest BCUT2D eigenvalue weighted by Crippen LogP contribution is -2.42. The Morgan fingerprint density at radius 1 is 1.11 bits per heavy atom. The van der Waals surface area contributed by atoms with Crippen molar-refractivity contribution in [2.75, 3.05) is 33.7 Å². The molecule has 0 N–H and O–H groups in total. The molecule has 0 aromatic heterocycles. The molecule has 2 aliphatic carbocycles. The van der Waals surface area contributed by atoms with Gasteiger partial charge in [-0.1, -0.05) is 13.8 Å². The monoisotopic (exact) mass is 252 g/mol. The minimum absolute atomic E-state index is 0.342. The molecule has 2 unspecified atom stereocenters. The van der Waals surface area contributed by atoms with Gasteiger partial charge >= 0.3 is 0 Å². The van der Waals surface area contributed by atoms with Gasteiger partial charge in [0.1, 0.15) is 0 Å². The molecule has 0 aromatic carbocycles. The van der Waals surface area contributed by atoms with Crippen molar-refractivity contribution in [2.24, 2.45) is 23.7 Å². The summed E-state index contributed by atoms with van der Waals surface area (Å²) in [6.45, 7) is 7.16. The van der Waals surface area contributed by atoms with Gasteiger partial charge < -0.3 is 9.80 Å². The third kappa shape index (κ3) is 3.47. The van der Waals surface area contributed by atoms with E-state index in [1.165, 1.54) is 19.3 Å². The van der Waals surface area contributed by atoms with Gasteiger partial charge in [-0.3, -0.25) is 4.79 Å². The maximum Gasteiger partial charge on any atom is 0.225 e. The van der Waals surface area contributed by atoms with Gasteiger partial charge in [0.2, 0.25) is 5.91 Å². The van der Waals surface area contributed by atoms with E-state index in [1.807, 2.05) is 0 Å². The van der Waals surface area contributed by atoms with Crippen molar-refractivity contribution in [3.8, 4) is 0 Å². The molecule has 2 atom stereocenters. The Bertz CT molecular complexity index is 291. The Hall–Kier alpha value is -0.570. The lowest BCUT2D eigenvalue weighted by molar-refractivity contribution is -0.136. The third-order valence-electron chi connectivity index (χ3n) is 4.31. The molecule has 2 aliphatic rings. The Balaban J connectivity index is 1.87. The standard InChI is InChI=1S/C15H28N2O/c1-11(2)10-17(6-5-16(3)4)15(18)14-8-12-7-13(12)9-14/h11-14H,5-10H2,1-4H3. The van der Waals surface area contributed by atoms with Crippen LogP contribution in [-0.2, 0) is 4.79 Å². The van der Waals surface area contributed by atoms with Crippen LogP contribution in [0, 0.1) is 23.7 Å². The molecule has 0 saturated heterocycles. The highest BCUT2D eigenvalue weighted by Crippen LogP contribution is 2.54. The predicted molar refractivity (Wildman–Crippen MR) is 74.3 cm³/mol. The van der Waals surface area contributed by atoms with Gasteiger partial charge in [0.05, 0.1) is 0 Å². The first-order valence-corrected chi connectivity index (χ1v) is 7.41. The fourth-order valence-electron chi connectivity index (χ4n) is 3.23. The van der Waals surface area contributed by atoms with Crippen LogP contribution in [0.25, 0.3) is 0 Å². The summed E-state index contributed by atoms with van der Waals surface area (Å²) in [5.74, 6) is 3.13. The number of rotatable bonds is 6. The second-order valence-electron chi connectivity index (χ2n) is 6.91. The van der Waals surface area contributed by atoms with Crippen molar-refractivity contribution in [2.45, 2.75) is 33.1 Å². The molecular formula is C15H28N2O. The van der Waals surface area contributed by atoms with Crippen molar-refractivity contribution in [1.29, 1.82) is 0 Å². The van der Waals surface area contributed by atoms with Gasteiger partial charge in [-0.05, 0) is 51.1 Å². The number of carbonyl (C=O) groups is 1. The van der Waals surface area contributed by atoms with Crippen LogP contribution >= 0.6 is 0 Å². The van der Waals surface area contributed by atoms with Gasteiger partial charge in [0.15, 0.2) is 0 Å². The molecule has 18 heavy (non-hydrogen) atoms. The number of hydrogen-bond acceptors (Lipinski definition) is 2. The van der Waals surface area contributed by atoms with E-state index in [-0.39, 0.29) is 0 Å².